The van der Waals surface area contributed by atoms with Crippen molar-refractivity contribution in [3.05, 3.63) is 0 Å². The van der Waals surface area contributed by atoms with Crippen molar-refractivity contribution < 1.29 is 42.0 Å². The van der Waals surface area contributed by atoms with E-state index in [9.17, 15) is 0 Å². The molecule has 0 atom stereocenters. The molecule has 0 aliphatic heterocycles. The van der Waals surface area contributed by atoms with Gasteiger partial charge in [-0.2, -0.15) is 6.29 Å². The molecule has 0 radical (unpaired) electrons. The molecular weight excluding hydrogens is 184 g/mol. The van der Waals surface area contributed by atoms with E-state index in [1.807, 2.05) is 0 Å². The van der Waals surface area contributed by atoms with Crippen molar-refractivity contribution in [2.45, 2.75) is 0 Å². The Morgan fingerprint density at radius 3 is 1.83 bits per heavy atom. The quantitative estimate of drug-likeness (QED) is 0.330. The molecule has 0 aliphatic carbocycles. The van der Waals surface area contributed by atoms with Gasteiger partial charge in [0.25, 0.3) is 0 Å². The molecule has 0 heterocycles. The van der Waals surface area contributed by atoms with Gasteiger partial charge in [-0.05, 0) is 0 Å². The second-order valence-corrected chi connectivity index (χ2v) is 0.407. The van der Waals surface area contributed by atoms with Crippen LogP contribution in [0.1, 0.15) is 0 Å². The summed E-state index contributed by atoms with van der Waals surface area (Å²) in [6.45, 7) is 0. The molecule has 0 fully saturated rings. The predicted molar refractivity (Wildman–Crippen MR) is 13.3 cm³/mol. The summed E-state index contributed by atoms with van der Waals surface area (Å²) < 4.78 is 0. The molecule has 0 unspecified atom stereocenters. The number of carboxylic acids is 1. The molecule has 0 aromatic heterocycles. The molecule has 30 valence electrons. The fourth-order valence-corrected chi connectivity index (χ4v) is 0. The SMILES string of the molecule is O=[C-]C(=O)O.[Cd]. The standard InChI is InChI=1S/C2HO3.Cd/c3-1-2(4)5;/h(H,4,5);/q-1;. The first-order valence-electron chi connectivity index (χ1n) is 0.882. The smallest absolute Gasteiger partial charge is 0.180 e. The Hall–Kier alpha value is 0.0621. The maximum atomic E-state index is 8.94. The van der Waals surface area contributed by atoms with Gasteiger partial charge in [-0.1, -0.05) is 0 Å². The van der Waals surface area contributed by atoms with Crippen molar-refractivity contribution >= 4 is 12.3 Å². The molecule has 0 amide bonds. The summed E-state index contributed by atoms with van der Waals surface area (Å²) in [7, 11) is 0. The number of carboxylic acid groups (broad SMARTS) is 1. The molecule has 1 N–H and O–H groups in total. The van der Waals surface area contributed by atoms with Crippen LogP contribution < -0.4 is 0 Å². The molecule has 0 spiro atoms. The minimum Gasteiger partial charge on any atom is -0.531 e. The minimum atomic E-state index is -1.55. The first kappa shape index (κ1) is 9.41. The Morgan fingerprint density at radius 2 is 1.83 bits per heavy atom. The summed E-state index contributed by atoms with van der Waals surface area (Å²) in [5.41, 5.74) is 0. The van der Waals surface area contributed by atoms with Crippen molar-refractivity contribution in [3.63, 3.8) is 0 Å². The van der Waals surface area contributed by atoms with Gasteiger partial charge < -0.3 is 9.90 Å². The van der Waals surface area contributed by atoms with Gasteiger partial charge in [-0.3, -0.25) is 4.79 Å². The van der Waals surface area contributed by atoms with Gasteiger partial charge in [0.05, 0.1) is 0 Å². The van der Waals surface area contributed by atoms with Gasteiger partial charge in [-0.15, -0.1) is 0 Å². The van der Waals surface area contributed by atoms with Crippen LogP contribution in [0, 0.1) is 0 Å². The van der Waals surface area contributed by atoms with E-state index in [-0.39, 0.29) is 27.3 Å². The summed E-state index contributed by atoms with van der Waals surface area (Å²) in [5, 5.41) is 7.30. The zero-order valence-electron chi connectivity index (χ0n) is 2.97. The van der Waals surface area contributed by atoms with E-state index in [2.05, 4.69) is 0 Å². The van der Waals surface area contributed by atoms with Gasteiger partial charge in [0, 0.05) is 27.3 Å². The van der Waals surface area contributed by atoms with Crippen LogP contribution in [-0.4, -0.2) is 17.4 Å². The van der Waals surface area contributed by atoms with Crippen LogP contribution in [0.25, 0.3) is 0 Å². The van der Waals surface area contributed by atoms with Crippen LogP contribution in [0.3, 0.4) is 0 Å². The molecule has 0 aromatic rings. The van der Waals surface area contributed by atoms with Crippen molar-refractivity contribution in [2.75, 3.05) is 0 Å². The van der Waals surface area contributed by atoms with Gasteiger partial charge in [0.2, 0.25) is 0 Å². The molecule has 0 aliphatic rings. The largest absolute Gasteiger partial charge is 0.531 e. The Morgan fingerprint density at radius 1 is 1.67 bits per heavy atom. The minimum absolute atomic E-state index is 0. The number of hydrogen-bond acceptors (Lipinski definition) is 2. The van der Waals surface area contributed by atoms with E-state index in [4.69, 9.17) is 14.7 Å². The van der Waals surface area contributed by atoms with Crippen molar-refractivity contribution in [2.24, 2.45) is 0 Å². The summed E-state index contributed by atoms with van der Waals surface area (Å²) in [5.74, 6) is -1.55. The molecule has 0 saturated carbocycles. The van der Waals surface area contributed by atoms with Crippen LogP contribution in [0.5, 0.6) is 0 Å². The number of hydrogen-bond donors (Lipinski definition) is 1. The molecular formula is C2HCdO3-. The third-order valence-corrected chi connectivity index (χ3v) is 0.0873. The van der Waals surface area contributed by atoms with Crippen LogP contribution in [0.15, 0.2) is 0 Å². The second-order valence-electron chi connectivity index (χ2n) is 0.407. The molecule has 0 saturated heterocycles. The van der Waals surface area contributed by atoms with Crippen LogP contribution >= 0.6 is 0 Å². The van der Waals surface area contributed by atoms with E-state index in [0.717, 1.165) is 0 Å². The van der Waals surface area contributed by atoms with Crippen LogP contribution in [0.2, 0.25) is 0 Å². The van der Waals surface area contributed by atoms with E-state index >= 15 is 0 Å². The Bertz CT molecular complexity index is 59.8. The van der Waals surface area contributed by atoms with Crippen molar-refractivity contribution in [1.82, 2.24) is 0 Å². The number of rotatable bonds is 1. The van der Waals surface area contributed by atoms with Gasteiger partial charge in [-0.25, -0.2) is 0 Å². The fraction of sp³-hybridized carbons (Fsp3) is 0. The monoisotopic (exact) mass is 187 g/mol. The van der Waals surface area contributed by atoms with E-state index in [0.29, 0.717) is 6.29 Å². The summed E-state index contributed by atoms with van der Waals surface area (Å²) >= 11 is 0. The van der Waals surface area contributed by atoms with Crippen molar-refractivity contribution in [1.29, 1.82) is 0 Å². The zero-order valence-corrected chi connectivity index (χ0v) is 7.01. The zero-order chi connectivity index (χ0) is 4.28. The van der Waals surface area contributed by atoms with Crippen LogP contribution in [0.4, 0.5) is 0 Å². The third-order valence-electron chi connectivity index (χ3n) is 0.0873. The van der Waals surface area contributed by atoms with Gasteiger partial charge >= 0.3 is 0 Å². The number of carbonyl (C=O) groups excluding carboxylic acids is 1. The first-order chi connectivity index (χ1) is 2.27. The predicted octanol–water partition coefficient (Wildman–Crippen LogP) is -0.822. The van der Waals surface area contributed by atoms with E-state index in [1.54, 1.807) is 0 Å². The molecule has 4 heteroatoms. The number of aliphatic carboxylic acids is 1. The second kappa shape index (κ2) is 5.06. The number of carbonyl (C=O) groups is 1. The Labute approximate surface area is 54.5 Å². The molecule has 6 heavy (non-hydrogen) atoms. The first-order valence-corrected chi connectivity index (χ1v) is 0.882. The molecule has 0 bridgehead atoms. The third kappa shape index (κ3) is 8.96. The summed E-state index contributed by atoms with van der Waals surface area (Å²) in [4.78, 5) is 17.7. The topological polar surface area (TPSA) is 54.4 Å². The molecule has 3 nitrogen and oxygen atoms in total. The Balaban J connectivity index is 0. The maximum absolute atomic E-state index is 8.94. The van der Waals surface area contributed by atoms with Crippen LogP contribution in [-0.2, 0) is 36.9 Å². The van der Waals surface area contributed by atoms with Crippen molar-refractivity contribution in [3.8, 4) is 0 Å². The fourth-order valence-electron chi connectivity index (χ4n) is 0. The van der Waals surface area contributed by atoms with Gasteiger partial charge in [0.15, 0.2) is 5.97 Å². The maximum Gasteiger partial charge on any atom is 0.180 e. The average Bonchev–Trinajstić information content (AvgIpc) is 1.38. The normalized spacial score (nSPS) is 5.33. The van der Waals surface area contributed by atoms with E-state index < -0.39 is 5.97 Å². The molecule has 0 rings (SSSR count). The van der Waals surface area contributed by atoms with E-state index in [1.165, 1.54) is 0 Å². The molecule has 0 aromatic carbocycles. The summed E-state index contributed by atoms with van der Waals surface area (Å²) in [6.07, 6.45) is 0.694. The Kier molecular flexibility index (Phi) is 7.94. The van der Waals surface area contributed by atoms with Gasteiger partial charge in [0.1, 0.15) is 0 Å². The summed E-state index contributed by atoms with van der Waals surface area (Å²) in [6, 6.07) is 0. The average molecular weight is 185 g/mol.